The van der Waals surface area contributed by atoms with Gasteiger partial charge in [0.15, 0.2) is 0 Å². The molecule has 1 rings (SSSR count). The first-order valence-electron chi connectivity index (χ1n) is 4.33. The number of alkyl halides is 1. The molecule has 0 spiro atoms. The molecule has 2 heteroatoms. The van der Waals surface area contributed by atoms with E-state index in [1.54, 1.807) is 0 Å². The number of benzene rings is 1. The monoisotopic (exact) mass is 199 g/mol. The third kappa shape index (κ3) is 2.71. The van der Waals surface area contributed by atoms with Crippen LogP contribution < -0.4 is 6.15 Å². The van der Waals surface area contributed by atoms with Crippen LogP contribution in [-0.4, -0.2) is 0 Å². The van der Waals surface area contributed by atoms with Crippen molar-refractivity contribution in [1.82, 2.24) is 6.15 Å². The lowest BCUT2D eigenvalue weighted by molar-refractivity contribution is 0.646. The summed E-state index contributed by atoms with van der Waals surface area (Å²) in [7, 11) is 0. The van der Waals surface area contributed by atoms with Crippen LogP contribution in [0.2, 0.25) is 0 Å². The first-order chi connectivity index (χ1) is 5.58. The van der Waals surface area contributed by atoms with Crippen LogP contribution in [0.25, 0.3) is 0 Å². The van der Waals surface area contributed by atoms with Gasteiger partial charge in [-0.25, -0.2) is 0 Å². The first-order valence-corrected chi connectivity index (χ1v) is 4.70. The van der Waals surface area contributed by atoms with Crippen LogP contribution in [0, 0.1) is 6.92 Å². The van der Waals surface area contributed by atoms with E-state index in [1.807, 2.05) is 12.1 Å². The van der Waals surface area contributed by atoms with Gasteiger partial charge in [0, 0.05) is 0 Å². The highest BCUT2D eigenvalue weighted by atomic mass is 35.5. The van der Waals surface area contributed by atoms with Gasteiger partial charge in [0.2, 0.25) is 0 Å². The lowest BCUT2D eigenvalue weighted by atomic mass is 9.94. The van der Waals surface area contributed by atoms with E-state index < -0.39 is 0 Å². The third-order valence-electron chi connectivity index (χ3n) is 2.37. The molecular weight excluding hydrogens is 182 g/mol. The molecule has 1 unspecified atom stereocenters. The molecule has 1 aromatic rings. The minimum absolute atomic E-state index is 0. The lowest BCUT2D eigenvalue weighted by Gasteiger charge is -2.22. The molecule has 74 valence electrons. The molecule has 0 saturated carbocycles. The van der Waals surface area contributed by atoms with Gasteiger partial charge in [-0.3, -0.25) is 0 Å². The normalized spacial score (nSPS) is 14.5. The lowest BCUT2D eigenvalue weighted by Crippen LogP contribution is -2.13. The number of hydrogen-bond donors (Lipinski definition) is 1. The van der Waals surface area contributed by atoms with Crippen LogP contribution >= 0.6 is 11.6 Å². The van der Waals surface area contributed by atoms with E-state index in [0.29, 0.717) is 0 Å². The van der Waals surface area contributed by atoms with E-state index in [4.69, 9.17) is 11.6 Å². The van der Waals surface area contributed by atoms with Gasteiger partial charge in [0.1, 0.15) is 0 Å². The first kappa shape index (κ1) is 12.5. The van der Waals surface area contributed by atoms with E-state index in [2.05, 4.69) is 32.9 Å². The number of aryl methyl sites for hydroxylation is 1. The van der Waals surface area contributed by atoms with Crippen LogP contribution in [0.3, 0.4) is 0 Å². The highest BCUT2D eigenvalue weighted by Crippen LogP contribution is 2.33. The molecule has 0 aliphatic heterocycles. The molecule has 0 bridgehead atoms. The Hall–Kier alpha value is -0.530. The van der Waals surface area contributed by atoms with Crippen molar-refractivity contribution in [2.24, 2.45) is 0 Å². The summed E-state index contributed by atoms with van der Waals surface area (Å²) < 4.78 is 0. The van der Waals surface area contributed by atoms with Crippen LogP contribution in [0.1, 0.15) is 31.4 Å². The third-order valence-corrected chi connectivity index (χ3v) is 2.84. The van der Waals surface area contributed by atoms with Crippen molar-refractivity contribution in [3.8, 4) is 0 Å². The Kier molecular flexibility index (Phi) is 4.45. The summed E-state index contributed by atoms with van der Waals surface area (Å²) in [4.78, 5) is -0.203. The fraction of sp³-hybridized carbons (Fsp3) is 0.455. The van der Waals surface area contributed by atoms with E-state index >= 15 is 0 Å². The molecule has 1 atom stereocenters. The number of halogens is 1. The molecule has 13 heavy (non-hydrogen) atoms. The molecular formula is C11H18ClN. The second-order valence-corrected chi connectivity index (χ2v) is 4.20. The molecule has 0 radical (unpaired) electrons. The quantitative estimate of drug-likeness (QED) is 0.718. The minimum Gasteiger partial charge on any atom is -0.344 e. The fourth-order valence-corrected chi connectivity index (χ4v) is 1.56. The van der Waals surface area contributed by atoms with E-state index in [9.17, 15) is 0 Å². The van der Waals surface area contributed by atoms with Gasteiger partial charge in [0.25, 0.3) is 0 Å². The second-order valence-electron chi connectivity index (χ2n) is 3.37. The van der Waals surface area contributed by atoms with Gasteiger partial charge in [0.05, 0.1) is 4.87 Å². The molecule has 0 aliphatic carbocycles. The highest BCUT2D eigenvalue weighted by molar-refractivity contribution is 6.23. The summed E-state index contributed by atoms with van der Waals surface area (Å²) in [5.41, 5.74) is 2.52. The molecule has 0 aliphatic rings. The van der Waals surface area contributed by atoms with Gasteiger partial charge in [-0.1, -0.05) is 31.2 Å². The Bertz CT molecular complexity index is 269. The zero-order valence-corrected chi connectivity index (χ0v) is 9.36. The summed E-state index contributed by atoms with van der Waals surface area (Å²) in [6.45, 7) is 6.28. The summed E-state index contributed by atoms with van der Waals surface area (Å²) in [6.07, 6.45) is 0.958. The van der Waals surface area contributed by atoms with E-state index in [0.717, 1.165) is 6.42 Å². The summed E-state index contributed by atoms with van der Waals surface area (Å²) in [6, 6.07) is 8.29. The average Bonchev–Trinajstić information content (AvgIpc) is 2.05. The van der Waals surface area contributed by atoms with E-state index in [-0.39, 0.29) is 11.0 Å². The maximum atomic E-state index is 6.35. The molecule has 0 amide bonds. The smallest absolute Gasteiger partial charge is 0.0666 e. The summed E-state index contributed by atoms with van der Waals surface area (Å²) in [5, 5.41) is 0. The van der Waals surface area contributed by atoms with Gasteiger partial charge < -0.3 is 6.15 Å². The maximum absolute atomic E-state index is 6.35. The van der Waals surface area contributed by atoms with Crippen molar-refractivity contribution in [2.75, 3.05) is 0 Å². The molecule has 1 nitrogen and oxygen atoms in total. The summed E-state index contributed by atoms with van der Waals surface area (Å²) >= 11 is 6.35. The standard InChI is InChI=1S/C11H15Cl.H3N/c1-4-11(3,12)10-8-6-5-7-9(10)2;/h5-8H,4H2,1-3H3;1H3. The van der Waals surface area contributed by atoms with Crippen molar-refractivity contribution in [1.29, 1.82) is 0 Å². The van der Waals surface area contributed by atoms with E-state index in [1.165, 1.54) is 11.1 Å². The minimum atomic E-state index is -0.203. The Morgan fingerprint density at radius 1 is 1.31 bits per heavy atom. The Balaban J connectivity index is 0.00000144. The van der Waals surface area contributed by atoms with Crippen LogP contribution in [0.5, 0.6) is 0 Å². The Morgan fingerprint density at radius 2 is 1.85 bits per heavy atom. The van der Waals surface area contributed by atoms with Crippen molar-refractivity contribution < 1.29 is 0 Å². The van der Waals surface area contributed by atoms with Crippen LogP contribution in [-0.2, 0) is 4.87 Å². The summed E-state index contributed by atoms with van der Waals surface area (Å²) in [5.74, 6) is 0. The molecule has 1 aromatic carbocycles. The van der Waals surface area contributed by atoms with Gasteiger partial charge in [-0.15, -0.1) is 11.6 Å². The van der Waals surface area contributed by atoms with Crippen LogP contribution in [0.15, 0.2) is 24.3 Å². The van der Waals surface area contributed by atoms with Gasteiger partial charge >= 0.3 is 0 Å². The topological polar surface area (TPSA) is 35.0 Å². The Labute approximate surface area is 85.7 Å². The molecule has 0 aromatic heterocycles. The molecule has 0 saturated heterocycles. The second kappa shape index (κ2) is 4.64. The van der Waals surface area contributed by atoms with Gasteiger partial charge in [-0.2, -0.15) is 0 Å². The zero-order chi connectivity index (χ0) is 9.19. The molecule has 3 N–H and O–H groups in total. The average molecular weight is 200 g/mol. The van der Waals surface area contributed by atoms with Crippen molar-refractivity contribution >= 4 is 11.6 Å². The fourth-order valence-electron chi connectivity index (χ4n) is 1.35. The maximum Gasteiger partial charge on any atom is 0.0666 e. The predicted molar refractivity (Wildman–Crippen MR) is 59.7 cm³/mol. The van der Waals surface area contributed by atoms with Crippen molar-refractivity contribution in [3.05, 3.63) is 35.4 Å². The number of rotatable bonds is 2. The largest absolute Gasteiger partial charge is 0.344 e. The predicted octanol–water partition coefficient (Wildman–Crippen LogP) is 4.02. The number of hydrogen-bond acceptors (Lipinski definition) is 1. The highest BCUT2D eigenvalue weighted by Gasteiger charge is 2.21. The Morgan fingerprint density at radius 3 is 2.31 bits per heavy atom. The van der Waals surface area contributed by atoms with Gasteiger partial charge in [-0.05, 0) is 31.4 Å². The zero-order valence-electron chi connectivity index (χ0n) is 8.60. The molecule has 0 heterocycles. The SMILES string of the molecule is CCC(C)(Cl)c1ccccc1C.N. The van der Waals surface area contributed by atoms with Crippen molar-refractivity contribution in [2.45, 2.75) is 32.1 Å². The van der Waals surface area contributed by atoms with Crippen molar-refractivity contribution in [3.63, 3.8) is 0 Å². The van der Waals surface area contributed by atoms with Crippen LogP contribution in [0.4, 0.5) is 0 Å². The molecule has 0 fully saturated rings.